The zero-order valence-electron chi connectivity index (χ0n) is 35.9. The van der Waals surface area contributed by atoms with Gasteiger partial charge in [-0.3, -0.25) is 4.57 Å². The Morgan fingerprint density at radius 3 is 1.23 bits per heavy atom. The van der Waals surface area contributed by atoms with Gasteiger partial charge in [0.05, 0.1) is 27.7 Å². The van der Waals surface area contributed by atoms with Crippen molar-refractivity contribution in [3.8, 4) is 0 Å². The number of ether oxygens (including phenoxy) is 1. The van der Waals surface area contributed by atoms with Crippen LogP contribution in [0.25, 0.3) is 0 Å². The quantitative estimate of drug-likeness (QED) is 0.0378. The van der Waals surface area contributed by atoms with Crippen molar-refractivity contribution < 1.29 is 27.7 Å². The lowest BCUT2D eigenvalue weighted by Gasteiger charge is -2.30. The molecule has 0 spiro atoms. The van der Waals surface area contributed by atoms with Crippen molar-refractivity contribution in [1.29, 1.82) is 0 Å². The van der Waals surface area contributed by atoms with Gasteiger partial charge >= 0.3 is 0 Å². The van der Waals surface area contributed by atoms with Gasteiger partial charge in [-0.1, -0.05) is 206 Å². The summed E-state index contributed by atoms with van der Waals surface area (Å²) in [5.74, 6) is 0. The average molecular weight is 761 g/mol. The standard InChI is InChI=1S/C44H93N2O5P/c1-6-8-10-12-14-16-18-20-22-24-26-28-30-32-34-36-38-45-42-44(51-52(47,48)50-41-39-46(3,4)5)43-49-40-37-35-33-31-29-27-25-23-21-19-17-15-13-11-9-7-2/h44-45H,6-43H2,1-5H3. The van der Waals surface area contributed by atoms with Gasteiger partial charge in [0.2, 0.25) is 0 Å². The van der Waals surface area contributed by atoms with Gasteiger partial charge in [0.1, 0.15) is 19.3 Å². The molecule has 0 aliphatic rings. The molecule has 1 N–H and O–H groups in total. The number of quaternary nitrogens is 1. The average Bonchev–Trinajstić information content (AvgIpc) is 3.09. The highest BCUT2D eigenvalue weighted by Gasteiger charge is 2.20. The van der Waals surface area contributed by atoms with Crippen molar-refractivity contribution in [2.24, 2.45) is 0 Å². The summed E-state index contributed by atoms with van der Waals surface area (Å²) in [7, 11) is 1.63. The van der Waals surface area contributed by atoms with Crippen LogP contribution in [0.1, 0.15) is 219 Å². The second kappa shape index (κ2) is 39.2. The zero-order valence-corrected chi connectivity index (χ0v) is 36.8. The maximum absolute atomic E-state index is 12.6. The van der Waals surface area contributed by atoms with Gasteiger partial charge in [0, 0.05) is 13.2 Å². The number of rotatable bonds is 44. The molecule has 0 saturated carbocycles. The lowest BCUT2D eigenvalue weighted by molar-refractivity contribution is -0.870. The first-order valence-electron chi connectivity index (χ1n) is 22.9. The summed E-state index contributed by atoms with van der Waals surface area (Å²) < 4.78 is 29.9. The van der Waals surface area contributed by atoms with Crippen molar-refractivity contribution in [3.05, 3.63) is 0 Å². The van der Waals surface area contributed by atoms with Crippen LogP contribution in [-0.2, 0) is 18.3 Å². The molecule has 0 fully saturated rings. The first kappa shape index (κ1) is 52.0. The lowest BCUT2D eigenvalue weighted by atomic mass is 10.0. The van der Waals surface area contributed by atoms with Crippen LogP contribution in [0.2, 0.25) is 0 Å². The van der Waals surface area contributed by atoms with Gasteiger partial charge < -0.3 is 28.5 Å². The van der Waals surface area contributed by atoms with Gasteiger partial charge in [0.25, 0.3) is 7.82 Å². The van der Waals surface area contributed by atoms with E-state index in [2.05, 4.69) is 19.2 Å². The Morgan fingerprint density at radius 1 is 0.519 bits per heavy atom. The minimum atomic E-state index is -4.40. The Hall–Kier alpha value is -0.0100. The number of nitrogens with zero attached hydrogens (tertiary/aromatic N) is 1. The summed E-state index contributed by atoms with van der Waals surface area (Å²) in [4.78, 5) is 12.6. The zero-order chi connectivity index (χ0) is 38.3. The summed E-state index contributed by atoms with van der Waals surface area (Å²) in [5, 5.41) is 3.42. The third-order valence-electron chi connectivity index (χ3n) is 10.3. The predicted molar refractivity (Wildman–Crippen MR) is 224 cm³/mol. The second-order valence-electron chi connectivity index (χ2n) is 16.9. The Morgan fingerprint density at radius 2 is 0.865 bits per heavy atom. The lowest BCUT2D eigenvalue weighted by Crippen LogP contribution is -2.38. The Bertz CT molecular complexity index is 711. The molecule has 0 aliphatic heterocycles. The number of unbranched alkanes of at least 4 members (excludes halogenated alkanes) is 30. The molecule has 0 aromatic rings. The number of nitrogens with one attached hydrogen (secondary N) is 1. The fourth-order valence-electron chi connectivity index (χ4n) is 6.79. The minimum Gasteiger partial charge on any atom is -0.756 e. The third-order valence-corrected chi connectivity index (χ3v) is 11.4. The predicted octanol–water partition coefficient (Wildman–Crippen LogP) is 12.7. The van der Waals surface area contributed by atoms with Gasteiger partial charge in [-0.05, 0) is 19.4 Å². The largest absolute Gasteiger partial charge is 0.756 e. The van der Waals surface area contributed by atoms with Crippen LogP contribution in [0.5, 0.6) is 0 Å². The number of phosphoric acid groups is 1. The highest BCUT2D eigenvalue weighted by atomic mass is 31.2. The van der Waals surface area contributed by atoms with Crippen LogP contribution in [0.15, 0.2) is 0 Å². The van der Waals surface area contributed by atoms with E-state index in [9.17, 15) is 9.46 Å². The molecule has 2 atom stereocenters. The molecule has 0 aliphatic carbocycles. The van der Waals surface area contributed by atoms with E-state index in [1.54, 1.807) is 0 Å². The Kier molecular flexibility index (Phi) is 39.2. The number of phosphoric ester groups is 1. The van der Waals surface area contributed by atoms with E-state index < -0.39 is 13.9 Å². The molecule has 8 heteroatoms. The molecule has 7 nitrogen and oxygen atoms in total. The van der Waals surface area contributed by atoms with Gasteiger partial charge in [-0.15, -0.1) is 0 Å². The van der Waals surface area contributed by atoms with Crippen LogP contribution >= 0.6 is 7.82 Å². The van der Waals surface area contributed by atoms with Gasteiger partial charge in [-0.25, -0.2) is 0 Å². The minimum absolute atomic E-state index is 0.115. The van der Waals surface area contributed by atoms with E-state index in [4.69, 9.17) is 13.8 Å². The number of hydrogen-bond donors (Lipinski definition) is 1. The second-order valence-corrected chi connectivity index (χ2v) is 18.3. The maximum atomic E-state index is 12.6. The molecular formula is C44H93N2O5P. The number of likely N-dealkylation sites (N-methyl/N-ethyl adjacent to an activating group) is 1. The fourth-order valence-corrected chi connectivity index (χ4v) is 7.66. The topological polar surface area (TPSA) is 79.9 Å². The van der Waals surface area contributed by atoms with E-state index >= 15 is 0 Å². The van der Waals surface area contributed by atoms with Crippen molar-refractivity contribution in [2.75, 3.05) is 60.6 Å². The van der Waals surface area contributed by atoms with E-state index in [-0.39, 0.29) is 13.2 Å². The van der Waals surface area contributed by atoms with Crippen LogP contribution in [0.4, 0.5) is 0 Å². The SMILES string of the molecule is CCCCCCCCCCCCCCCCCCNCC(COCCCCCCCCCCCCCCCCCC)OP(=O)([O-])OCC[N+](C)(C)C. The normalized spacial score (nSPS) is 13.9. The summed E-state index contributed by atoms with van der Waals surface area (Å²) in [6, 6.07) is 0. The summed E-state index contributed by atoms with van der Waals surface area (Å²) >= 11 is 0. The van der Waals surface area contributed by atoms with Gasteiger partial charge in [-0.2, -0.15) is 0 Å². The molecule has 0 bridgehead atoms. The Balaban J connectivity index is 4.00. The molecule has 314 valence electrons. The molecule has 0 radical (unpaired) electrons. The van der Waals surface area contributed by atoms with Crippen molar-refractivity contribution in [1.82, 2.24) is 5.32 Å². The van der Waals surface area contributed by atoms with Crippen LogP contribution < -0.4 is 10.2 Å². The molecule has 52 heavy (non-hydrogen) atoms. The molecule has 0 amide bonds. The number of hydrogen-bond acceptors (Lipinski definition) is 6. The molecule has 2 unspecified atom stereocenters. The van der Waals surface area contributed by atoms with Crippen LogP contribution in [0, 0.1) is 0 Å². The van der Waals surface area contributed by atoms with Crippen LogP contribution in [-0.4, -0.2) is 71.2 Å². The van der Waals surface area contributed by atoms with E-state index in [1.807, 2.05) is 21.1 Å². The van der Waals surface area contributed by atoms with E-state index in [0.717, 1.165) is 25.8 Å². The van der Waals surface area contributed by atoms with Gasteiger partial charge in [0.15, 0.2) is 0 Å². The van der Waals surface area contributed by atoms with Crippen LogP contribution in [0.3, 0.4) is 0 Å². The third kappa shape index (κ3) is 42.7. The summed E-state index contributed by atoms with van der Waals surface area (Å²) in [6.45, 7) is 7.49. The highest BCUT2D eigenvalue weighted by Crippen LogP contribution is 2.39. The van der Waals surface area contributed by atoms with E-state index in [1.165, 1.54) is 186 Å². The molecule has 0 rings (SSSR count). The van der Waals surface area contributed by atoms with Crippen molar-refractivity contribution in [2.45, 2.75) is 225 Å². The van der Waals surface area contributed by atoms with Crippen molar-refractivity contribution in [3.63, 3.8) is 0 Å². The summed E-state index contributed by atoms with van der Waals surface area (Å²) in [6.07, 6.45) is 42.6. The first-order valence-corrected chi connectivity index (χ1v) is 24.4. The molecule has 0 saturated heterocycles. The Labute approximate surface area is 326 Å². The molecule has 0 heterocycles. The molecule has 0 aromatic carbocycles. The fraction of sp³-hybridized carbons (Fsp3) is 1.00. The monoisotopic (exact) mass is 761 g/mol. The smallest absolute Gasteiger partial charge is 0.268 e. The molecular weight excluding hydrogens is 667 g/mol. The first-order chi connectivity index (χ1) is 25.2. The summed E-state index contributed by atoms with van der Waals surface area (Å²) in [5.41, 5.74) is 0. The van der Waals surface area contributed by atoms with E-state index in [0.29, 0.717) is 24.2 Å². The maximum Gasteiger partial charge on any atom is 0.268 e. The highest BCUT2D eigenvalue weighted by molar-refractivity contribution is 7.45. The molecule has 0 aromatic heterocycles. The van der Waals surface area contributed by atoms with Crippen molar-refractivity contribution >= 4 is 7.82 Å².